The second-order valence-corrected chi connectivity index (χ2v) is 8.86. The number of benzene rings is 2. The molecule has 0 radical (unpaired) electrons. The van der Waals surface area contributed by atoms with Crippen LogP contribution < -0.4 is 10.2 Å². The lowest BCUT2D eigenvalue weighted by Gasteiger charge is -2.17. The van der Waals surface area contributed by atoms with Crippen LogP contribution in [0.25, 0.3) is 16.9 Å². The van der Waals surface area contributed by atoms with Crippen molar-refractivity contribution >= 4 is 28.8 Å². The van der Waals surface area contributed by atoms with Crippen molar-refractivity contribution in [1.29, 1.82) is 0 Å². The van der Waals surface area contributed by atoms with E-state index in [1.54, 1.807) is 4.90 Å². The zero-order valence-corrected chi connectivity index (χ0v) is 19.0. The van der Waals surface area contributed by atoms with E-state index < -0.39 is 0 Å². The number of nitrogens with zero attached hydrogens (tertiary/aromatic N) is 3. The quantitative estimate of drug-likeness (QED) is 0.492. The summed E-state index contributed by atoms with van der Waals surface area (Å²) in [6, 6.07) is 17.8. The lowest BCUT2D eigenvalue weighted by atomic mass is 10.1. The molecule has 166 valence electrons. The van der Waals surface area contributed by atoms with E-state index in [1.807, 2.05) is 92.2 Å². The summed E-state index contributed by atoms with van der Waals surface area (Å²) in [5.41, 5.74) is 7.49. The van der Waals surface area contributed by atoms with Gasteiger partial charge < -0.3 is 14.6 Å². The monoisotopic (exact) mass is 438 g/mol. The van der Waals surface area contributed by atoms with E-state index in [4.69, 9.17) is 4.98 Å². The third kappa shape index (κ3) is 4.12. The molecule has 4 aromatic rings. The van der Waals surface area contributed by atoms with E-state index in [1.165, 1.54) is 0 Å². The van der Waals surface area contributed by atoms with Crippen molar-refractivity contribution in [2.75, 3.05) is 16.8 Å². The fourth-order valence-corrected chi connectivity index (χ4v) is 4.23. The van der Waals surface area contributed by atoms with E-state index in [0.717, 1.165) is 45.0 Å². The van der Waals surface area contributed by atoms with E-state index in [2.05, 4.69) is 5.32 Å². The van der Waals surface area contributed by atoms with Crippen LogP contribution in [-0.2, 0) is 9.59 Å². The van der Waals surface area contributed by atoms with Gasteiger partial charge in [0.05, 0.1) is 11.6 Å². The highest BCUT2D eigenvalue weighted by molar-refractivity contribution is 6.03. The number of rotatable bonds is 4. The van der Waals surface area contributed by atoms with Crippen LogP contribution >= 0.6 is 0 Å². The molecule has 3 heterocycles. The summed E-state index contributed by atoms with van der Waals surface area (Å²) < 4.78 is 1.99. The second-order valence-electron chi connectivity index (χ2n) is 8.86. The molecule has 0 unspecified atom stereocenters. The van der Waals surface area contributed by atoms with Gasteiger partial charge in [0.1, 0.15) is 5.65 Å². The predicted octanol–water partition coefficient (Wildman–Crippen LogP) is 4.92. The number of nitrogens with one attached hydrogen (secondary N) is 1. The molecule has 0 spiro atoms. The molecule has 0 bridgehead atoms. The molecule has 2 amide bonds. The maximum Gasteiger partial charge on any atom is 0.229 e. The van der Waals surface area contributed by atoms with Gasteiger partial charge in [0.2, 0.25) is 11.8 Å². The summed E-state index contributed by atoms with van der Waals surface area (Å²) in [6.07, 6.45) is 4.19. The molecular formula is C27H26N4O2. The smallest absolute Gasteiger partial charge is 0.229 e. The first-order valence-electron chi connectivity index (χ1n) is 11.1. The Morgan fingerprint density at radius 2 is 1.79 bits per heavy atom. The summed E-state index contributed by atoms with van der Waals surface area (Å²) in [7, 11) is 0. The third-order valence-corrected chi connectivity index (χ3v) is 6.25. The third-order valence-electron chi connectivity index (χ3n) is 6.25. The summed E-state index contributed by atoms with van der Waals surface area (Å²) in [6.45, 7) is 6.40. The number of hydrogen-bond acceptors (Lipinski definition) is 3. The molecular weight excluding hydrogens is 412 g/mol. The molecule has 2 aromatic carbocycles. The minimum absolute atomic E-state index is 0.0236. The topological polar surface area (TPSA) is 66.7 Å². The van der Waals surface area contributed by atoms with E-state index >= 15 is 0 Å². The number of aromatic nitrogens is 2. The minimum atomic E-state index is -0.389. The lowest BCUT2D eigenvalue weighted by molar-refractivity contribution is -0.122. The van der Waals surface area contributed by atoms with Crippen LogP contribution in [0.3, 0.4) is 0 Å². The Hall–Kier alpha value is -3.93. The molecule has 6 nitrogen and oxygen atoms in total. The molecule has 6 heteroatoms. The Kier molecular flexibility index (Phi) is 5.21. The normalized spacial score (nSPS) is 15.9. The largest absolute Gasteiger partial charge is 0.326 e. The molecule has 1 atom stereocenters. The van der Waals surface area contributed by atoms with Gasteiger partial charge in [0, 0.05) is 42.3 Å². The first-order valence-corrected chi connectivity index (χ1v) is 11.1. The first kappa shape index (κ1) is 20.9. The molecule has 1 saturated heterocycles. The highest BCUT2D eigenvalue weighted by Crippen LogP contribution is 2.29. The van der Waals surface area contributed by atoms with Crippen molar-refractivity contribution in [3.8, 4) is 11.3 Å². The minimum Gasteiger partial charge on any atom is -0.326 e. The van der Waals surface area contributed by atoms with Crippen LogP contribution in [0.5, 0.6) is 0 Å². The molecule has 1 aliphatic heterocycles. The summed E-state index contributed by atoms with van der Waals surface area (Å²) in [4.78, 5) is 32.1. The second kappa shape index (κ2) is 8.20. The summed E-state index contributed by atoms with van der Waals surface area (Å²) >= 11 is 0. The number of carbonyl (C=O) groups excluding carboxylic acids is 2. The van der Waals surface area contributed by atoms with Gasteiger partial charge in [-0.1, -0.05) is 29.8 Å². The average Bonchev–Trinajstić information content (AvgIpc) is 3.39. The number of amides is 2. The van der Waals surface area contributed by atoms with Gasteiger partial charge in [-0.15, -0.1) is 0 Å². The number of imidazole rings is 1. The van der Waals surface area contributed by atoms with Crippen molar-refractivity contribution < 1.29 is 9.59 Å². The summed E-state index contributed by atoms with van der Waals surface area (Å²) in [5, 5.41) is 3.05. The molecule has 33 heavy (non-hydrogen) atoms. The maximum absolute atomic E-state index is 13.1. The highest BCUT2D eigenvalue weighted by atomic mass is 16.2. The van der Waals surface area contributed by atoms with E-state index in [0.29, 0.717) is 6.54 Å². The van der Waals surface area contributed by atoms with Crippen LogP contribution in [-0.4, -0.2) is 27.7 Å². The van der Waals surface area contributed by atoms with E-state index in [9.17, 15) is 9.59 Å². The Morgan fingerprint density at radius 3 is 2.58 bits per heavy atom. The number of anilines is 2. The van der Waals surface area contributed by atoms with Gasteiger partial charge in [-0.25, -0.2) is 4.98 Å². The van der Waals surface area contributed by atoms with E-state index in [-0.39, 0.29) is 24.2 Å². The molecule has 1 fully saturated rings. The number of fused-ring (bicyclic) bond motifs is 1. The van der Waals surface area contributed by atoms with Crippen molar-refractivity contribution in [1.82, 2.24) is 9.38 Å². The van der Waals surface area contributed by atoms with Crippen LogP contribution in [0, 0.1) is 26.7 Å². The fourth-order valence-electron chi connectivity index (χ4n) is 4.23. The Bertz CT molecular complexity index is 1370. The zero-order chi connectivity index (χ0) is 23.1. The van der Waals surface area contributed by atoms with Crippen LogP contribution in [0.2, 0.25) is 0 Å². The van der Waals surface area contributed by atoms with Crippen molar-refractivity contribution in [3.63, 3.8) is 0 Å². The fraction of sp³-hybridized carbons (Fsp3) is 0.222. The standard InChI is InChI=1S/C27H26N4O2/c1-17-4-8-22(9-5-17)31-15-21(14-26(31)32)27(33)29-23-13-20(7-6-19(23)3)24-16-30-11-10-18(2)12-25(30)28-24/h4-13,16,21H,14-15H2,1-3H3,(H,29,33)/t21-/m0/s1. The highest BCUT2D eigenvalue weighted by Gasteiger charge is 2.35. The predicted molar refractivity (Wildman–Crippen MR) is 130 cm³/mol. The Labute approximate surface area is 192 Å². The Morgan fingerprint density at radius 1 is 1.00 bits per heavy atom. The van der Waals surface area contributed by atoms with Crippen molar-refractivity contribution in [2.45, 2.75) is 27.2 Å². The maximum atomic E-state index is 13.1. The number of hydrogen-bond donors (Lipinski definition) is 1. The number of aryl methyl sites for hydroxylation is 3. The lowest BCUT2D eigenvalue weighted by Crippen LogP contribution is -2.28. The number of carbonyl (C=O) groups is 2. The molecule has 1 N–H and O–H groups in total. The van der Waals surface area contributed by atoms with Gasteiger partial charge >= 0.3 is 0 Å². The van der Waals surface area contributed by atoms with Crippen LogP contribution in [0.4, 0.5) is 11.4 Å². The van der Waals surface area contributed by atoms with Crippen LogP contribution in [0.15, 0.2) is 67.0 Å². The first-order chi connectivity index (χ1) is 15.9. The Balaban J connectivity index is 1.35. The molecule has 0 saturated carbocycles. The van der Waals surface area contributed by atoms with Gasteiger partial charge in [-0.2, -0.15) is 0 Å². The van der Waals surface area contributed by atoms with Gasteiger partial charge in [-0.05, 0) is 62.2 Å². The molecule has 0 aliphatic carbocycles. The zero-order valence-electron chi connectivity index (χ0n) is 19.0. The molecule has 5 rings (SSSR count). The molecule has 1 aliphatic rings. The van der Waals surface area contributed by atoms with Crippen molar-refractivity contribution in [3.05, 3.63) is 83.7 Å². The van der Waals surface area contributed by atoms with Gasteiger partial charge in [-0.3, -0.25) is 9.59 Å². The summed E-state index contributed by atoms with van der Waals surface area (Å²) in [5.74, 6) is -0.548. The van der Waals surface area contributed by atoms with Gasteiger partial charge in [0.15, 0.2) is 0 Å². The van der Waals surface area contributed by atoms with Crippen molar-refractivity contribution in [2.24, 2.45) is 5.92 Å². The average molecular weight is 439 g/mol. The SMILES string of the molecule is Cc1ccc(N2C[C@@H](C(=O)Nc3cc(-c4cn5ccc(C)cc5n4)ccc3C)CC2=O)cc1. The van der Waals surface area contributed by atoms with Crippen LogP contribution in [0.1, 0.15) is 23.1 Å². The van der Waals surface area contributed by atoms with Gasteiger partial charge in [0.25, 0.3) is 0 Å². The molecule has 2 aromatic heterocycles. The number of pyridine rings is 1.